The van der Waals surface area contributed by atoms with Crippen molar-refractivity contribution < 1.29 is 29.3 Å². The van der Waals surface area contributed by atoms with E-state index in [1.807, 2.05) is 0 Å². The van der Waals surface area contributed by atoms with Crippen molar-refractivity contribution in [3.05, 3.63) is 0 Å². The zero-order valence-corrected chi connectivity index (χ0v) is 16.3. The molecule has 0 saturated heterocycles. The fraction of sp³-hybridized carbons (Fsp3) is 0.905. The van der Waals surface area contributed by atoms with E-state index in [9.17, 15) is 19.8 Å². The number of carbonyl (C=O) groups excluding carboxylic acids is 2. The number of hydrogen-bond acceptors (Lipinski definition) is 6. The van der Waals surface area contributed by atoms with Crippen LogP contribution >= 0.6 is 0 Å². The highest BCUT2D eigenvalue weighted by molar-refractivity contribution is 5.73. The van der Waals surface area contributed by atoms with Crippen molar-refractivity contribution in [1.29, 1.82) is 0 Å². The number of esters is 2. The number of hydrogen-bond donors (Lipinski definition) is 2. The van der Waals surface area contributed by atoms with E-state index in [1.54, 1.807) is 0 Å². The van der Waals surface area contributed by atoms with Crippen LogP contribution in [-0.2, 0) is 19.1 Å². The van der Waals surface area contributed by atoms with Gasteiger partial charge in [0.05, 0.1) is 24.0 Å². The Hall–Kier alpha value is -1.14. The van der Waals surface area contributed by atoms with E-state index in [-0.39, 0.29) is 54.1 Å². The number of carbonyl (C=O) groups is 2. The molecule has 3 unspecified atom stereocenters. The molecule has 3 saturated carbocycles. The molecule has 0 bridgehead atoms. The Morgan fingerprint density at radius 3 is 1.67 bits per heavy atom. The Morgan fingerprint density at radius 2 is 1.19 bits per heavy atom. The third-order valence-electron chi connectivity index (χ3n) is 6.65. The fourth-order valence-corrected chi connectivity index (χ4v) is 4.73. The third kappa shape index (κ3) is 5.67. The normalized spacial score (nSPS) is 40.2. The number of aliphatic hydroxyl groups excluding tert-OH is 2. The average molecular weight is 382 g/mol. The van der Waals surface area contributed by atoms with Crippen LogP contribution in [0.1, 0.15) is 77.6 Å². The van der Waals surface area contributed by atoms with E-state index in [2.05, 4.69) is 6.92 Å². The molecule has 27 heavy (non-hydrogen) atoms. The minimum atomic E-state index is -0.273. The first-order valence-electron chi connectivity index (χ1n) is 10.7. The maximum Gasteiger partial charge on any atom is 0.309 e. The summed E-state index contributed by atoms with van der Waals surface area (Å²) < 4.78 is 11.5. The summed E-state index contributed by atoms with van der Waals surface area (Å²) in [6, 6.07) is 0. The summed E-state index contributed by atoms with van der Waals surface area (Å²) in [5, 5.41) is 19.1. The van der Waals surface area contributed by atoms with Crippen molar-refractivity contribution >= 4 is 11.9 Å². The summed E-state index contributed by atoms with van der Waals surface area (Å²) in [4.78, 5) is 24.8. The van der Waals surface area contributed by atoms with Crippen LogP contribution in [0.3, 0.4) is 0 Å². The molecule has 0 aromatic carbocycles. The van der Waals surface area contributed by atoms with E-state index in [0.717, 1.165) is 19.3 Å². The zero-order valence-electron chi connectivity index (χ0n) is 16.3. The first-order chi connectivity index (χ1) is 12.9. The first-order valence-corrected chi connectivity index (χ1v) is 10.7. The summed E-state index contributed by atoms with van der Waals surface area (Å²) in [5.74, 6) is -0.258. The van der Waals surface area contributed by atoms with Crippen LogP contribution in [0.15, 0.2) is 0 Å². The van der Waals surface area contributed by atoms with E-state index in [0.29, 0.717) is 51.4 Å². The second-order valence-electron chi connectivity index (χ2n) is 8.84. The van der Waals surface area contributed by atoms with Crippen molar-refractivity contribution in [2.75, 3.05) is 0 Å². The van der Waals surface area contributed by atoms with E-state index in [1.165, 1.54) is 0 Å². The molecular formula is C21H34O6. The van der Waals surface area contributed by atoms with Gasteiger partial charge in [0, 0.05) is 0 Å². The van der Waals surface area contributed by atoms with Gasteiger partial charge >= 0.3 is 11.9 Å². The Bertz CT molecular complexity index is 505. The molecule has 6 heteroatoms. The zero-order chi connectivity index (χ0) is 19.4. The minimum Gasteiger partial charge on any atom is -0.462 e. The highest BCUT2D eigenvalue weighted by Gasteiger charge is 2.36. The lowest BCUT2D eigenvalue weighted by molar-refractivity contribution is -0.168. The van der Waals surface area contributed by atoms with Gasteiger partial charge in [0.2, 0.25) is 0 Å². The molecule has 6 nitrogen and oxygen atoms in total. The molecule has 0 aromatic rings. The maximum absolute atomic E-state index is 12.4. The van der Waals surface area contributed by atoms with Gasteiger partial charge in [-0.05, 0) is 76.5 Å². The second-order valence-corrected chi connectivity index (χ2v) is 8.84. The van der Waals surface area contributed by atoms with Crippen LogP contribution in [-0.4, -0.2) is 46.6 Å². The Morgan fingerprint density at radius 1 is 0.704 bits per heavy atom. The molecule has 154 valence electrons. The molecule has 3 atom stereocenters. The molecule has 3 aliphatic carbocycles. The number of aliphatic hydroxyl groups is 2. The SMILES string of the molecule is CC1CC(OC(=O)C2CCC(O)CC2)CCC1OC(=O)C1CCC(O)CC1. The third-order valence-corrected chi connectivity index (χ3v) is 6.65. The molecule has 3 rings (SSSR count). The van der Waals surface area contributed by atoms with Crippen molar-refractivity contribution in [2.45, 2.75) is 102 Å². The van der Waals surface area contributed by atoms with Gasteiger partial charge in [-0.2, -0.15) is 0 Å². The Kier molecular flexibility index (Phi) is 7.15. The predicted molar refractivity (Wildman–Crippen MR) is 98.7 cm³/mol. The topological polar surface area (TPSA) is 93.1 Å². The summed E-state index contributed by atoms with van der Waals surface area (Å²) in [6.45, 7) is 2.06. The lowest BCUT2D eigenvalue weighted by Gasteiger charge is -2.35. The molecular weight excluding hydrogens is 348 g/mol. The average Bonchev–Trinajstić information content (AvgIpc) is 2.65. The smallest absolute Gasteiger partial charge is 0.309 e. The molecule has 0 aliphatic heterocycles. The highest BCUT2D eigenvalue weighted by atomic mass is 16.6. The van der Waals surface area contributed by atoms with Crippen LogP contribution < -0.4 is 0 Å². The fourth-order valence-electron chi connectivity index (χ4n) is 4.73. The summed E-state index contributed by atoms with van der Waals surface area (Å²) in [5.41, 5.74) is 0. The van der Waals surface area contributed by atoms with Crippen LogP contribution in [0, 0.1) is 17.8 Å². The molecule has 0 aromatic heterocycles. The lowest BCUT2D eigenvalue weighted by Crippen LogP contribution is -2.38. The number of ether oxygens (including phenoxy) is 2. The standard InChI is InChI=1S/C21H34O6/c1-13-12-18(26-20(24)14-2-6-16(22)7-3-14)10-11-19(13)27-21(25)15-4-8-17(23)9-5-15/h13-19,22-23H,2-12H2,1H3. The van der Waals surface area contributed by atoms with Gasteiger partial charge in [-0.25, -0.2) is 0 Å². The van der Waals surface area contributed by atoms with Crippen molar-refractivity contribution in [1.82, 2.24) is 0 Å². The quantitative estimate of drug-likeness (QED) is 0.726. The van der Waals surface area contributed by atoms with Gasteiger partial charge in [-0.1, -0.05) is 6.92 Å². The van der Waals surface area contributed by atoms with Crippen LogP contribution in [0.2, 0.25) is 0 Å². The van der Waals surface area contributed by atoms with Gasteiger partial charge in [-0.15, -0.1) is 0 Å². The van der Waals surface area contributed by atoms with Crippen LogP contribution in [0.4, 0.5) is 0 Å². The lowest BCUT2D eigenvalue weighted by atomic mass is 9.84. The molecule has 2 N–H and O–H groups in total. The summed E-state index contributed by atoms with van der Waals surface area (Å²) in [6.07, 6.45) is 6.96. The largest absolute Gasteiger partial charge is 0.462 e. The Labute approximate surface area is 161 Å². The van der Waals surface area contributed by atoms with E-state index in [4.69, 9.17) is 9.47 Å². The van der Waals surface area contributed by atoms with Crippen molar-refractivity contribution in [2.24, 2.45) is 17.8 Å². The summed E-state index contributed by atoms with van der Waals surface area (Å²) >= 11 is 0. The van der Waals surface area contributed by atoms with Gasteiger partial charge in [0.15, 0.2) is 0 Å². The molecule has 3 aliphatic rings. The van der Waals surface area contributed by atoms with Crippen molar-refractivity contribution in [3.8, 4) is 0 Å². The first kappa shape index (κ1) is 20.6. The predicted octanol–water partition coefficient (Wildman–Crippen LogP) is 2.73. The van der Waals surface area contributed by atoms with Gasteiger partial charge in [-0.3, -0.25) is 9.59 Å². The second kappa shape index (κ2) is 9.37. The molecule has 3 fully saturated rings. The highest BCUT2D eigenvalue weighted by Crippen LogP contribution is 2.33. The minimum absolute atomic E-state index is 0.0825. The maximum atomic E-state index is 12.4. The van der Waals surface area contributed by atoms with Gasteiger partial charge in [0.1, 0.15) is 12.2 Å². The molecule has 0 spiro atoms. The van der Waals surface area contributed by atoms with Crippen LogP contribution in [0.5, 0.6) is 0 Å². The molecule has 0 amide bonds. The van der Waals surface area contributed by atoms with E-state index >= 15 is 0 Å². The van der Waals surface area contributed by atoms with Crippen molar-refractivity contribution in [3.63, 3.8) is 0 Å². The summed E-state index contributed by atoms with van der Waals surface area (Å²) in [7, 11) is 0. The molecule has 0 heterocycles. The van der Waals surface area contributed by atoms with Gasteiger partial charge in [0.25, 0.3) is 0 Å². The monoisotopic (exact) mass is 382 g/mol. The Balaban J connectivity index is 1.41. The molecule has 0 radical (unpaired) electrons. The van der Waals surface area contributed by atoms with Crippen LogP contribution in [0.25, 0.3) is 0 Å². The van der Waals surface area contributed by atoms with Gasteiger partial charge < -0.3 is 19.7 Å². The number of rotatable bonds is 4. The van der Waals surface area contributed by atoms with E-state index < -0.39 is 0 Å².